The van der Waals surface area contributed by atoms with Gasteiger partial charge in [0.15, 0.2) is 0 Å². The van der Waals surface area contributed by atoms with Crippen LogP contribution in [0.15, 0.2) is 60.7 Å². The number of rotatable bonds is 7. The molecule has 26 heavy (non-hydrogen) atoms. The molecule has 0 saturated heterocycles. The Kier molecular flexibility index (Phi) is 7.18. The zero-order valence-electron chi connectivity index (χ0n) is 14.4. The molecule has 1 aliphatic rings. The highest BCUT2D eigenvalue weighted by molar-refractivity contribution is 5.97. The maximum atomic E-state index is 12.7. The van der Waals surface area contributed by atoms with Gasteiger partial charge in [-0.3, -0.25) is 9.59 Å². The van der Waals surface area contributed by atoms with E-state index in [1.807, 2.05) is 36.4 Å². The molecule has 0 aromatic heterocycles. The number of carbonyl (C=O) groups excluding carboxylic acids is 2. The maximum absolute atomic E-state index is 12.7. The zero-order chi connectivity index (χ0) is 17.6. The smallest absolute Gasteiger partial charge is 0.252 e. The number of benzene rings is 2. The maximum Gasteiger partial charge on any atom is 0.252 e. The molecule has 1 fully saturated rings. The number of carbonyl (C=O) groups is 2. The summed E-state index contributed by atoms with van der Waals surface area (Å²) >= 11 is 0. The van der Waals surface area contributed by atoms with E-state index in [1.165, 1.54) is 0 Å². The summed E-state index contributed by atoms with van der Waals surface area (Å²) in [5.41, 5.74) is 7.32. The van der Waals surface area contributed by atoms with Crippen LogP contribution in [0.1, 0.15) is 34.8 Å². The second-order valence-electron chi connectivity index (χ2n) is 6.43. The highest BCUT2D eigenvalue weighted by atomic mass is 35.5. The minimum Gasteiger partial charge on any atom is -0.352 e. The Bertz CT molecular complexity index is 720. The molecule has 2 atom stereocenters. The summed E-state index contributed by atoms with van der Waals surface area (Å²) in [5.74, 6) is -0.0166. The molecular formula is C20H24ClN3O2. The molecule has 0 spiro atoms. The summed E-state index contributed by atoms with van der Waals surface area (Å²) in [7, 11) is 0. The lowest BCUT2D eigenvalue weighted by Gasteiger charge is -2.20. The van der Waals surface area contributed by atoms with E-state index in [-0.39, 0.29) is 30.3 Å². The molecule has 6 heteroatoms. The van der Waals surface area contributed by atoms with Gasteiger partial charge in [0.25, 0.3) is 5.91 Å². The minimum atomic E-state index is -0.750. The van der Waals surface area contributed by atoms with Crippen LogP contribution in [-0.2, 0) is 4.79 Å². The van der Waals surface area contributed by atoms with Gasteiger partial charge in [-0.25, -0.2) is 0 Å². The van der Waals surface area contributed by atoms with Crippen molar-refractivity contribution in [2.24, 2.45) is 11.7 Å². The molecule has 2 aromatic rings. The van der Waals surface area contributed by atoms with Crippen molar-refractivity contribution in [2.45, 2.75) is 24.9 Å². The summed E-state index contributed by atoms with van der Waals surface area (Å²) in [4.78, 5) is 25.1. The van der Waals surface area contributed by atoms with Crippen LogP contribution >= 0.6 is 12.4 Å². The monoisotopic (exact) mass is 373 g/mol. The Labute approximate surface area is 159 Å². The lowest BCUT2D eigenvalue weighted by molar-refractivity contribution is -0.123. The molecule has 4 N–H and O–H groups in total. The van der Waals surface area contributed by atoms with Crippen LogP contribution in [0.4, 0.5) is 0 Å². The molecule has 3 rings (SSSR count). The van der Waals surface area contributed by atoms with Crippen LogP contribution in [0.2, 0.25) is 0 Å². The van der Waals surface area contributed by atoms with E-state index in [9.17, 15) is 9.59 Å². The lowest BCUT2D eigenvalue weighted by Crippen LogP contribution is -2.45. The van der Waals surface area contributed by atoms with Crippen molar-refractivity contribution in [3.05, 3.63) is 71.8 Å². The van der Waals surface area contributed by atoms with Gasteiger partial charge in [0, 0.05) is 18.2 Å². The topological polar surface area (TPSA) is 84.2 Å². The number of nitrogens with one attached hydrogen (secondary N) is 2. The van der Waals surface area contributed by atoms with Gasteiger partial charge in [-0.1, -0.05) is 48.5 Å². The Balaban J connectivity index is 0.00000243. The van der Waals surface area contributed by atoms with E-state index in [2.05, 4.69) is 10.6 Å². The van der Waals surface area contributed by atoms with Crippen LogP contribution in [-0.4, -0.2) is 24.4 Å². The van der Waals surface area contributed by atoms with Crippen molar-refractivity contribution in [3.63, 3.8) is 0 Å². The van der Waals surface area contributed by atoms with Crippen molar-refractivity contribution >= 4 is 24.2 Å². The van der Waals surface area contributed by atoms with Crippen LogP contribution in [0.25, 0.3) is 0 Å². The van der Waals surface area contributed by atoms with E-state index >= 15 is 0 Å². The molecule has 1 saturated carbocycles. The van der Waals surface area contributed by atoms with E-state index < -0.39 is 6.04 Å². The molecule has 0 heterocycles. The van der Waals surface area contributed by atoms with Gasteiger partial charge < -0.3 is 16.4 Å². The number of halogens is 1. The van der Waals surface area contributed by atoms with Crippen molar-refractivity contribution in [1.82, 2.24) is 10.6 Å². The molecule has 2 aromatic carbocycles. The number of amides is 2. The number of hydrogen-bond acceptors (Lipinski definition) is 3. The normalized spacial score (nSPS) is 15.3. The second kappa shape index (κ2) is 9.36. The third-order valence-corrected chi connectivity index (χ3v) is 4.45. The minimum absolute atomic E-state index is 0. The van der Waals surface area contributed by atoms with Gasteiger partial charge in [-0.05, 0) is 36.5 Å². The SMILES string of the molecule is Cl.NC(CNC(=O)C(NC(=O)c1ccccc1)c1ccccc1)C1CC1. The van der Waals surface area contributed by atoms with E-state index in [0.717, 1.165) is 18.4 Å². The summed E-state index contributed by atoms with van der Waals surface area (Å²) in [6, 6.07) is 17.3. The lowest BCUT2D eigenvalue weighted by atomic mass is 10.0. The first-order valence-corrected chi connectivity index (χ1v) is 8.59. The van der Waals surface area contributed by atoms with Gasteiger partial charge in [0.05, 0.1) is 0 Å². The van der Waals surface area contributed by atoms with Crippen molar-refractivity contribution < 1.29 is 9.59 Å². The summed E-state index contributed by atoms with van der Waals surface area (Å²) in [6.45, 7) is 0.425. The first-order chi connectivity index (χ1) is 12.1. The average Bonchev–Trinajstić information content (AvgIpc) is 3.50. The Hall–Kier alpha value is -2.37. The fourth-order valence-corrected chi connectivity index (χ4v) is 2.76. The summed E-state index contributed by atoms with van der Waals surface area (Å²) in [5, 5.41) is 5.71. The molecule has 2 amide bonds. The molecule has 5 nitrogen and oxygen atoms in total. The van der Waals surface area contributed by atoms with E-state index in [1.54, 1.807) is 24.3 Å². The van der Waals surface area contributed by atoms with Crippen molar-refractivity contribution in [3.8, 4) is 0 Å². The quantitative estimate of drug-likeness (QED) is 0.696. The molecule has 0 aliphatic heterocycles. The van der Waals surface area contributed by atoms with Gasteiger partial charge in [-0.15, -0.1) is 12.4 Å². The molecule has 138 valence electrons. The second-order valence-corrected chi connectivity index (χ2v) is 6.43. The largest absolute Gasteiger partial charge is 0.352 e. The summed E-state index contributed by atoms with van der Waals surface area (Å²) in [6.07, 6.45) is 2.26. The first-order valence-electron chi connectivity index (χ1n) is 8.59. The highest BCUT2D eigenvalue weighted by Crippen LogP contribution is 2.31. The fourth-order valence-electron chi connectivity index (χ4n) is 2.76. The van der Waals surface area contributed by atoms with Crippen molar-refractivity contribution in [2.75, 3.05) is 6.54 Å². The third kappa shape index (κ3) is 5.31. The molecule has 1 aliphatic carbocycles. The number of hydrogen-bond donors (Lipinski definition) is 3. The van der Waals surface area contributed by atoms with Gasteiger partial charge in [-0.2, -0.15) is 0 Å². The van der Waals surface area contributed by atoms with Crippen LogP contribution in [0.3, 0.4) is 0 Å². The van der Waals surface area contributed by atoms with Crippen LogP contribution < -0.4 is 16.4 Å². The van der Waals surface area contributed by atoms with Gasteiger partial charge in [0.2, 0.25) is 5.91 Å². The average molecular weight is 374 g/mol. The first kappa shape index (κ1) is 19.9. The fraction of sp³-hybridized carbons (Fsp3) is 0.300. The van der Waals surface area contributed by atoms with Gasteiger partial charge >= 0.3 is 0 Å². The third-order valence-electron chi connectivity index (χ3n) is 4.45. The zero-order valence-corrected chi connectivity index (χ0v) is 15.2. The summed E-state index contributed by atoms with van der Waals surface area (Å²) < 4.78 is 0. The standard InChI is InChI=1S/C20H23N3O2.ClH/c21-17(14-11-12-14)13-22-20(25)18(15-7-3-1-4-8-15)23-19(24)16-9-5-2-6-10-16;/h1-10,14,17-18H,11-13,21H2,(H,22,25)(H,23,24);1H. The van der Waals surface area contributed by atoms with E-state index in [4.69, 9.17) is 5.73 Å². The van der Waals surface area contributed by atoms with Crippen molar-refractivity contribution in [1.29, 1.82) is 0 Å². The molecular weight excluding hydrogens is 350 g/mol. The Morgan fingerprint density at radius 3 is 2.15 bits per heavy atom. The van der Waals surface area contributed by atoms with Gasteiger partial charge in [0.1, 0.15) is 6.04 Å². The van der Waals surface area contributed by atoms with Crippen LogP contribution in [0, 0.1) is 5.92 Å². The molecule has 0 radical (unpaired) electrons. The molecule has 0 bridgehead atoms. The molecule has 2 unspecified atom stereocenters. The number of nitrogens with two attached hydrogens (primary N) is 1. The predicted octanol–water partition coefficient (Wildman–Crippen LogP) is 2.43. The Morgan fingerprint density at radius 2 is 1.58 bits per heavy atom. The predicted molar refractivity (Wildman–Crippen MR) is 104 cm³/mol. The highest BCUT2D eigenvalue weighted by Gasteiger charge is 2.30. The van der Waals surface area contributed by atoms with Crippen LogP contribution in [0.5, 0.6) is 0 Å². The Morgan fingerprint density at radius 1 is 1.00 bits per heavy atom. The van der Waals surface area contributed by atoms with E-state index in [0.29, 0.717) is 18.0 Å².